The Bertz CT molecular complexity index is 472. The second-order valence-corrected chi connectivity index (χ2v) is 4.28. The molecule has 1 rings (SSSR count). The van der Waals surface area contributed by atoms with Gasteiger partial charge in [-0.2, -0.15) is 0 Å². The number of amides is 1. The number of aromatic nitrogens is 1. The van der Waals surface area contributed by atoms with Gasteiger partial charge in [0, 0.05) is 6.54 Å². The molecule has 0 aliphatic heterocycles. The van der Waals surface area contributed by atoms with Crippen LogP contribution in [0.2, 0.25) is 0 Å². The van der Waals surface area contributed by atoms with Gasteiger partial charge in [-0.25, -0.2) is 4.98 Å². The first-order chi connectivity index (χ1) is 8.99. The van der Waals surface area contributed by atoms with E-state index in [4.69, 9.17) is 5.73 Å². The maximum Gasteiger partial charge on any atom is 0.300 e. The van der Waals surface area contributed by atoms with Crippen LogP contribution in [0.1, 0.15) is 37.0 Å². The molecule has 0 saturated heterocycles. The summed E-state index contributed by atoms with van der Waals surface area (Å²) in [6.45, 7) is 4.56. The van der Waals surface area contributed by atoms with Crippen LogP contribution < -0.4 is 11.1 Å². The van der Waals surface area contributed by atoms with Crippen molar-refractivity contribution in [3.05, 3.63) is 27.9 Å². The standard InChI is InChI=1S/C12H18N4O3/c1-3-8(4-2)6-15-12(17)9-5-11(13)14-7-10(9)16(18)19/h5,7-8H,3-4,6H2,1-2H3,(H2,13,14)(H,15,17). The number of anilines is 1. The van der Waals surface area contributed by atoms with Gasteiger partial charge in [-0.3, -0.25) is 14.9 Å². The van der Waals surface area contributed by atoms with Crippen LogP contribution in [0.5, 0.6) is 0 Å². The Hall–Kier alpha value is -2.18. The van der Waals surface area contributed by atoms with E-state index in [1.54, 1.807) is 0 Å². The lowest BCUT2D eigenvalue weighted by Gasteiger charge is -2.13. The molecule has 1 amide bonds. The first kappa shape index (κ1) is 14.9. The second kappa shape index (κ2) is 6.67. The number of hydrogen-bond donors (Lipinski definition) is 2. The molecule has 1 heterocycles. The van der Waals surface area contributed by atoms with E-state index in [2.05, 4.69) is 10.3 Å². The van der Waals surface area contributed by atoms with Crippen LogP contribution in [-0.2, 0) is 0 Å². The minimum absolute atomic E-state index is 0.0524. The van der Waals surface area contributed by atoms with Crippen LogP contribution in [0, 0.1) is 16.0 Å². The van der Waals surface area contributed by atoms with Gasteiger partial charge in [-0.1, -0.05) is 26.7 Å². The fourth-order valence-electron chi connectivity index (χ4n) is 1.70. The van der Waals surface area contributed by atoms with Gasteiger partial charge in [0.15, 0.2) is 0 Å². The van der Waals surface area contributed by atoms with Crippen molar-refractivity contribution in [2.45, 2.75) is 26.7 Å². The molecule has 0 atom stereocenters. The number of rotatable bonds is 6. The van der Waals surface area contributed by atoms with Crippen LogP contribution >= 0.6 is 0 Å². The van der Waals surface area contributed by atoms with Gasteiger partial charge in [0.05, 0.1) is 4.92 Å². The molecule has 7 nitrogen and oxygen atoms in total. The summed E-state index contributed by atoms with van der Waals surface area (Å²) in [6, 6.07) is 1.22. The van der Waals surface area contributed by atoms with E-state index in [1.165, 1.54) is 6.07 Å². The van der Waals surface area contributed by atoms with Gasteiger partial charge >= 0.3 is 0 Å². The van der Waals surface area contributed by atoms with Crippen molar-refractivity contribution in [1.29, 1.82) is 0 Å². The Labute approximate surface area is 111 Å². The lowest BCUT2D eigenvalue weighted by Crippen LogP contribution is -2.29. The maximum absolute atomic E-state index is 12.0. The quantitative estimate of drug-likeness (QED) is 0.601. The molecular formula is C12H18N4O3. The lowest BCUT2D eigenvalue weighted by atomic mass is 10.0. The zero-order valence-electron chi connectivity index (χ0n) is 11.0. The molecule has 104 valence electrons. The van der Waals surface area contributed by atoms with E-state index >= 15 is 0 Å². The number of carbonyl (C=O) groups excluding carboxylic acids is 1. The zero-order valence-corrected chi connectivity index (χ0v) is 11.0. The van der Waals surface area contributed by atoms with Gasteiger partial charge in [-0.05, 0) is 12.0 Å². The van der Waals surface area contributed by atoms with Crippen molar-refractivity contribution >= 4 is 17.4 Å². The smallest absolute Gasteiger partial charge is 0.300 e. The molecule has 0 aliphatic rings. The summed E-state index contributed by atoms with van der Waals surface area (Å²) in [5.74, 6) is -0.0480. The molecule has 0 spiro atoms. The van der Waals surface area contributed by atoms with E-state index in [0.29, 0.717) is 12.5 Å². The van der Waals surface area contributed by atoms with Crippen molar-refractivity contribution in [1.82, 2.24) is 10.3 Å². The highest BCUT2D eigenvalue weighted by atomic mass is 16.6. The predicted molar refractivity (Wildman–Crippen MR) is 71.7 cm³/mol. The monoisotopic (exact) mass is 266 g/mol. The summed E-state index contributed by atoms with van der Waals surface area (Å²) in [7, 11) is 0. The van der Waals surface area contributed by atoms with E-state index in [-0.39, 0.29) is 17.1 Å². The van der Waals surface area contributed by atoms with E-state index in [9.17, 15) is 14.9 Å². The van der Waals surface area contributed by atoms with E-state index in [0.717, 1.165) is 19.0 Å². The van der Waals surface area contributed by atoms with Crippen molar-refractivity contribution in [2.24, 2.45) is 5.92 Å². The van der Waals surface area contributed by atoms with Crippen LogP contribution in [0.3, 0.4) is 0 Å². The van der Waals surface area contributed by atoms with E-state index in [1.807, 2.05) is 13.8 Å². The predicted octanol–water partition coefficient (Wildman–Crippen LogP) is 1.74. The number of hydrogen-bond acceptors (Lipinski definition) is 5. The first-order valence-electron chi connectivity index (χ1n) is 6.17. The highest BCUT2D eigenvalue weighted by molar-refractivity contribution is 5.98. The number of nitrogens with two attached hydrogens (primary N) is 1. The SMILES string of the molecule is CCC(CC)CNC(=O)c1cc(N)ncc1[N+](=O)[O-]. The zero-order chi connectivity index (χ0) is 14.4. The number of carbonyl (C=O) groups is 1. The van der Waals surface area contributed by atoms with Crippen molar-refractivity contribution < 1.29 is 9.72 Å². The second-order valence-electron chi connectivity index (χ2n) is 4.28. The van der Waals surface area contributed by atoms with Gasteiger partial charge < -0.3 is 11.1 Å². The third-order valence-electron chi connectivity index (χ3n) is 3.05. The van der Waals surface area contributed by atoms with Crippen LogP contribution in [0.4, 0.5) is 11.5 Å². The minimum atomic E-state index is -0.640. The summed E-state index contributed by atoms with van der Waals surface area (Å²) in [5, 5.41) is 13.5. The minimum Gasteiger partial charge on any atom is -0.384 e. The maximum atomic E-state index is 12.0. The van der Waals surface area contributed by atoms with Crippen molar-refractivity contribution in [3.63, 3.8) is 0 Å². The molecule has 0 unspecified atom stereocenters. The Morgan fingerprint density at radius 1 is 1.53 bits per heavy atom. The Balaban J connectivity index is 2.87. The number of pyridine rings is 1. The third-order valence-corrected chi connectivity index (χ3v) is 3.05. The van der Waals surface area contributed by atoms with Crippen molar-refractivity contribution in [2.75, 3.05) is 12.3 Å². The largest absolute Gasteiger partial charge is 0.384 e. The molecule has 0 aromatic carbocycles. The number of nitrogen functional groups attached to an aromatic ring is 1. The highest BCUT2D eigenvalue weighted by Crippen LogP contribution is 2.19. The molecule has 0 saturated carbocycles. The third kappa shape index (κ3) is 3.90. The van der Waals surface area contributed by atoms with Gasteiger partial charge in [-0.15, -0.1) is 0 Å². The number of nitrogens with one attached hydrogen (secondary N) is 1. The molecule has 0 radical (unpaired) electrons. The number of nitrogens with zero attached hydrogens (tertiary/aromatic N) is 2. The molecule has 0 aliphatic carbocycles. The highest BCUT2D eigenvalue weighted by Gasteiger charge is 2.21. The Morgan fingerprint density at radius 3 is 2.68 bits per heavy atom. The molecular weight excluding hydrogens is 248 g/mol. The van der Waals surface area contributed by atoms with Gasteiger partial charge in [0.25, 0.3) is 11.6 Å². The topological polar surface area (TPSA) is 111 Å². The Morgan fingerprint density at radius 2 is 2.16 bits per heavy atom. The summed E-state index contributed by atoms with van der Waals surface area (Å²) >= 11 is 0. The lowest BCUT2D eigenvalue weighted by molar-refractivity contribution is -0.385. The normalized spacial score (nSPS) is 10.5. The summed E-state index contributed by atoms with van der Waals surface area (Å²) < 4.78 is 0. The fraction of sp³-hybridized carbons (Fsp3) is 0.500. The van der Waals surface area contributed by atoms with Gasteiger partial charge in [0.1, 0.15) is 17.6 Å². The van der Waals surface area contributed by atoms with Crippen LogP contribution in [0.15, 0.2) is 12.3 Å². The average Bonchev–Trinajstić information content (AvgIpc) is 2.39. The molecule has 1 aromatic heterocycles. The van der Waals surface area contributed by atoms with Crippen molar-refractivity contribution in [3.8, 4) is 0 Å². The first-order valence-corrected chi connectivity index (χ1v) is 6.17. The summed E-state index contributed by atoms with van der Waals surface area (Å²) in [6.07, 6.45) is 2.89. The molecule has 7 heteroatoms. The molecule has 1 aromatic rings. The molecule has 0 bridgehead atoms. The summed E-state index contributed by atoms with van der Waals surface area (Å²) in [5.41, 5.74) is 5.07. The molecule has 3 N–H and O–H groups in total. The van der Waals surface area contributed by atoms with Gasteiger partial charge in [0.2, 0.25) is 0 Å². The average molecular weight is 266 g/mol. The van der Waals surface area contributed by atoms with Crippen LogP contribution in [-0.4, -0.2) is 22.4 Å². The number of nitro groups is 1. The molecule has 19 heavy (non-hydrogen) atoms. The molecule has 0 fully saturated rings. The van der Waals surface area contributed by atoms with Crippen LogP contribution in [0.25, 0.3) is 0 Å². The fourth-order valence-corrected chi connectivity index (χ4v) is 1.70. The van der Waals surface area contributed by atoms with E-state index < -0.39 is 10.8 Å². The summed E-state index contributed by atoms with van der Waals surface area (Å²) in [4.78, 5) is 25.8. The Kier molecular flexibility index (Phi) is 5.23.